The summed E-state index contributed by atoms with van der Waals surface area (Å²) < 4.78 is 0. The third kappa shape index (κ3) is 2.90. The maximum atomic E-state index is 8.98. The minimum Gasteiger partial charge on any atom is -0.368 e. The summed E-state index contributed by atoms with van der Waals surface area (Å²) in [5, 5.41) is 8.98. The molecule has 102 valence electrons. The van der Waals surface area contributed by atoms with Gasteiger partial charge in [-0.1, -0.05) is 12.1 Å². The minimum absolute atomic E-state index is 0.327. The Morgan fingerprint density at radius 1 is 1.32 bits per heavy atom. The number of likely N-dealkylation sites (N-methyl/N-ethyl adjacent to an activating group) is 1. The molecule has 19 heavy (non-hydrogen) atoms. The molecular formula is C16H23N3. The molecule has 1 fully saturated rings. The van der Waals surface area contributed by atoms with Crippen LogP contribution in [0.15, 0.2) is 18.2 Å². The first kappa shape index (κ1) is 13.9. The number of benzene rings is 1. The molecule has 1 aliphatic heterocycles. The van der Waals surface area contributed by atoms with E-state index >= 15 is 0 Å². The zero-order chi connectivity index (χ0) is 14.0. The minimum atomic E-state index is 0.327. The van der Waals surface area contributed by atoms with Gasteiger partial charge in [-0.2, -0.15) is 5.26 Å². The van der Waals surface area contributed by atoms with Crippen molar-refractivity contribution in [1.82, 2.24) is 4.90 Å². The lowest BCUT2D eigenvalue weighted by atomic mass is 10.0. The van der Waals surface area contributed by atoms with Gasteiger partial charge in [-0.25, -0.2) is 0 Å². The van der Waals surface area contributed by atoms with Gasteiger partial charge >= 0.3 is 0 Å². The highest BCUT2D eigenvalue weighted by atomic mass is 15.3. The summed E-state index contributed by atoms with van der Waals surface area (Å²) in [4.78, 5) is 4.78. The number of nitriles is 1. The molecule has 0 N–H and O–H groups in total. The van der Waals surface area contributed by atoms with Crippen LogP contribution in [0.3, 0.4) is 0 Å². The topological polar surface area (TPSA) is 30.3 Å². The van der Waals surface area contributed by atoms with E-state index in [1.54, 1.807) is 0 Å². The SMILES string of the molecule is Cc1ccc(C)c(N2CC(C)N(C)C(CC#N)C2)c1. The fraction of sp³-hybridized carbons (Fsp3) is 0.562. The predicted molar refractivity (Wildman–Crippen MR) is 79.4 cm³/mol. The first-order chi connectivity index (χ1) is 9.02. The number of nitrogens with zero attached hydrogens (tertiary/aromatic N) is 3. The van der Waals surface area contributed by atoms with Crippen molar-refractivity contribution < 1.29 is 0 Å². The fourth-order valence-corrected chi connectivity index (χ4v) is 2.84. The van der Waals surface area contributed by atoms with Crippen molar-refractivity contribution in [1.29, 1.82) is 5.26 Å². The molecule has 2 unspecified atom stereocenters. The Bertz CT molecular complexity index is 489. The lowest BCUT2D eigenvalue weighted by Gasteiger charge is -2.44. The zero-order valence-corrected chi connectivity index (χ0v) is 12.3. The van der Waals surface area contributed by atoms with Crippen LogP contribution in [0.5, 0.6) is 0 Å². The number of hydrogen-bond donors (Lipinski definition) is 0. The van der Waals surface area contributed by atoms with Gasteiger partial charge in [0.1, 0.15) is 0 Å². The molecule has 0 amide bonds. The Kier molecular flexibility index (Phi) is 4.11. The van der Waals surface area contributed by atoms with Crippen LogP contribution in [-0.2, 0) is 0 Å². The highest BCUT2D eigenvalue weighted by Gasteiger charge is 2.29. The maximum absolute atomic E-state index is 8.98. The van der Waals surface area contributed by atoms with Crippen molar-refractivity contribution in [3.05, 3.63) is 29.3 Å². The molecule has 1 saturated heterocycles. The van der Waals surface area contributed by atoms with E-state index in [4.69, 9.17) is 5.26 Å². The molecule has 3 nitrogen and oxygen atoms in total. The lowest BCUT2D eigenvalue weighted by molar-refractivity contribution is 0.160. The van der Waals surface area contributed by atoms with Gasteiger partial charge in [-0.15, -0.1) is 0 Å². The van der Waals surface area contributed by atoms with Gasteiger partial charge in [0.25, 0.3) is 0 Å². The normalized spacial score (nSPS) is 24.3. The maximum Gasteiger partial charge on any atom is 0.0638 e. The van der Waals surface area contributed by atoms with Crippen LogP contribution in [0.1, 0.15) is 24.5 Å². The van der Waals surface area contributed by atoms with Gasteiger partial charge in [-0.05, 0) is 45.0 Å². The largest absolute Gasteiger partial charge is 0.368 e. The highest BCUT2D eigenvalue weighted by molar-refractivity contribution is 5.55. The Morgan fingerprint density at radius 2 is 2.05 bits per heavy atom. The molecule has 2 atom stereocenters. The summed E-state index contributed by atoms with van der Waals surface area (Å²) in [5.41, 5.74) is 3.94. The van der Waals surface area contributed by atoms with Gasteiger partial charge in [0.2, 0.25) is 0 Å². The summed E-state index contributed by atoms with van der Waals surface area (Å²) in [7, 11) is 2.13. The summed E-state index contributed by atoms with van der Waals surface area (Å²) in [6.45, 7) is 8.51. The first-order valence-electron chi connectivity index (χ1n) is 6.94. The van der Waals surface area contributed by atoms with E-state index in [2.05, 4.69) is 61.9 Å². The smallest absolute Gasteiger partial charge is 0.0638 e. The average molecular weight is 257 g/mol. The Morgan fingerprint density at radius 3 is 2.74 bits per heavy atom. The number of piperazine rings is 1. The third-order valence-electron chi connectivity index (χ3n) is 4.22. The summed E-state index contributed by atoms with van der Waals surface area (Å²) in [5.74, 6) is 0. The van der Waals surface area contributed by atoms with Crippen LogP contribution >= 0.6 is 0 Å². The molecule has 0 aliphatic carbocycles. The quantitative estimate of drug-likeness (QED) is 0.816. The van der Waals surface area contributed by atoms with Gasteiger partial charge < -0.3 is 4.90 Å². The average Bonchev–Trinajstić information content (AvgIpc) is 2.38. The van der Waals surface area contributed by atoms with Gasteiger partial charge in [0, 0.05) is 30.9 Å². The van der Waals surface area contributed by atoms with Gasteiger partial charge in [-0.3, -0.25) is 4.90 Å². The summed E-state index contributed by atoms with van der Waals surface area (Å²) in [6, 6.07) is 9.73. The summed E-state index contributed by atoms with van der Waals surface area (Å²) in [6.07, 6.45) is 0.599. The van der Waals surface area contributed by atoms with Crippen molar-refractivity contribution in [3.63, 3.8) is 0 Å². The number of rotatable bonds is 2. The molecule has 2 rings (SSSR count). The van der Waals surface area contributed by atoms with E-state index in [-0.39, 0.29) is 0 Å². The summed E-state index contributed by atoms with van der Waals surface area (Å²) >= 11 is 0. The van der Waals surface area contributed by atoms with E-state index in [9.17, 15) is 0 Å². The van der Waals surface area contributed by atoms with Crippen LogP contribution < -0.4 is 4.90 Å². The second-order valence-corrected chi connectivity index (χ2v) is 5.73. The van der Waals surface area contributed by atoms with E-state index in [0.717, 1.165) is 13.1 Å². The fourth-order valence-electron chi connectivity index (χ4n) is 2.84. The van der Waals surface area contributed by atoms with Crippen LogP contribution in [-0.4, -0.2) is 37.1 Å². The second kappa shape index (κ2) is 5.63. The molecular weight excluding hydrogens is 234 g/mol. The second-order valence-electron chi connectivity index (χ2n) is 5.73. The monoisotopic (exact) mass is 257 g/mol. The van der Waals surface area contributed by atoms with Crippen molar-refractivity contribution in [2.75, 3.05) is 25.0 Å². The molecule has 0 spiro atoms. The Labute approximate surface area is 116 Å². The highest BCUT2D eigenvalue weighted by Crippen LogP contribution is 2.26. The van der Waals surface area contributed by atoms with Crippen molar-refractivity contribution in [3.8, 4) is 6.07 Å². The molecule has 3 heteroatoms. The molecule has 1 aromatic rings. The Hall–Kier alpha value is -1.53. The van der Waals surface area contributed by atoms with Gasteiger partial charge in [0.15, 0.2) is 0 Å². The van der Waals surface area contributed by atoms with E-state index < -0.39 is 0 Å². The van der Waals surface area contributed by atoms with Crippen molar-refractivity contribution in [2.24, 2.45) is 0 Å². The molecule has 0 bridgehead atoms. The first-order valence-corrected chi connectivity index (χ1v) is 6.94. The zero-order valence-electron chi connectivity index (χ0n) is 12.3. The van der Waals surface area contributed by atoms with E-state index in [1.807, 2.05) is 0 Å². The van der Waals surface area contributed by atoms with Crippen LogP contribution in [0.25, 0.3) is 0 Å². The van der Waals surface area contributed by atoms with Crippen molar-refractivity contribution >= 4 is 5.69 Å². The molecule has 0 radical (unpaired) electrons. The van der Waals surface area contributed by atoms with E-state index in [0.29, 0.717) is 18.5 Å². The molecule has 1 heterocycles. The molecule has 1 aliphatic rings. The Balaban J connectivity index is 2.25. The van der Waals surface area contributed by atoms with E-state index in [1.165, 1.54) is 16.8 Å². The van der Waals surface area contributed by atoms with Crippen LogP contribution in [0, 0.1) is 25.2 Å². The van der Waals surface area contributed by atoms with Crippen molar-refractivity contribution in [2.45, 2.75) is 39.3 Å². The van der Waals surface area contributed by atoms with Gasteiger partial charge in [0.05, 0.1) is 12.5 Å². The van der Waals surface area contributed by atoms with Crippen LogP contribution in [0.2, 0.25) is 0 Å². The number of hydrogen-bond acceptors (Lipinski definition) is 3. The third-order valence-corrected chi connectivity index (χ3v) is 4.22. The molecule has 1 aromatic carbocycles. The lowest BCUT2D eigenvalue weighted by Crippen LogP contribution is -2.56. The number of aryl methyl sites for hydroxylation is 2. The predicted octanol–water partition coefficient (Wildman–Crippen LogP) is 2.73. The standard InChI is InChI=1S/C16H23N3/c1-12-5-6-13(2)16(9-12)19-10-14(3)18(4)15(11-19)7-8-17/h5-6,9,14-15H,7,10-11H2,1-4H3. The van der Waals surface area contributed by atoms with Crippen LogP contribution in [0.4, 0.5) is 5.69 Å². The molecule has 0 aromatic heterocycles. The number of anilines is 1. The molecule has 0 saturated carbocycles.